The number of hydrogen-bond donors (Lipinski definition) is 2. The molecule has 0 aromatic heterocycles. The number of sulfonamides is 1. The van der Waals surface area contributed by atoms with Crippen molar-refractivity contribution in [2.75, 3.05) is 18.8 Å². The second-order valence-corrected chi connectivity index (χ2v) is 6.01. The number of carbonyl (C=O) groups is 1. The largest absolute Gasteiger partial charge is 0.354 e. The molecule has 0 spiro atoms. The van der Waals surface area contributed by atoms with Crippen molar-refractivity contribution in [3.8, 4) is 6.07 Å². The van der Waals surface area contributed by atoms with Crippen LogP contribution in [0.3, 0.4) is 0 Å². The summed E-state index contributed by atoms with van der Waals surface area (Å²) in [6.45, 7) is 1.96. The van der Waals surface area contributed by atoms with Gasteiger partial charge in [-0.05, 0) is 5.56 Å². The molecule has 0 aliphatic heterocycles. The number of hydrogen-bond acceptors (Lipinski definition) is 4. The first kappa shape index (κ1) is 16.1. The van der Waals surface area contributed by atoms with Gasteiger partial charge in [0.05, 0.1) is 11.8 Å². The third kappa shape index (κ3) is 4.99. The van der Waals surface area contributed by atoms with Crippen LogP contribution in [0.25, 0.3) is 0 Å². The molecule has 6 nitrogen and oxygen atoms in total. The minimum absolute atomic E-state index is 0.0286. The van der Waals surface area contributed by atoms with E-state index in [1.165, 1.54) is 0 Å². The Balaban J connectivity index is 2.56. The molecule has 0 radical (unpaired) electrons. The van der Waals surface area contributed by atoms with Crippen LogP contribution < -0.4 is 10.0 Å². The summed E-state index contributed by atoms with van der Waals surface area (Å²) in [6, 6.07) is 10.5. The molecule has 20 heavy (non-hydrogen) atoms. The zero-order valence-electron chi connectivity index (χ0n) is 11.2. The van der Waals surface area contributed by atoms with Crippen LogP contribution >= 0.6 is 0 Å². The molecule has 0 bridgehead atoms. The number of carbonyl (C=O) groups excluding carboxylic acids is 1. The second-order valence-electron chi connectivity index (χ2n) is 4.08. The number of nitriles is 1. The minimum atomic E-state index is -3.37. The average Bonchev–Trinajstić information content (AvgIpc) is 2.40. The summed E-state index contributed by atoms with van der Waals surface area (Å²) in [7, 11) is -3.37. The molecular weight excluding hydrogens is 278 g/mol. The van der Waals surface area contributed by atoms with Gasteiger partial charge in [0.1, 0.15) is 5.92 Å². The van der Waals surface area contributed by atoms with Gasteiger partial charge in [0.25, 0.3) is 0 Å². The minimum Gasteiger partial charge on any atom is -0.354 e. The van der Waals surface area contributed by atoms with Gasteiger partial charge >= 0.3 is 0 Å². The molecule has 1 atom stereocenters. The molecule has 2 N–H and O–H groups in total. The van der Waals surface area contributed by atoms with E-state index in [4.69, 9.17) is 5.26 Å². The highest BCUT2D eigenvalue weighted by Crippen LogP contribution is 2.14. The van der Waals surface area contributed by atoms with Crippen LogP contribution in [0.1, 0.15) is 18.4 Å². The summed E-state index contributed by atoms with van der Waals surface area (Å²) in [5.74, 6) is -1.64. The summed E-state index contributed by atoms with van der Waals surface area (Å²) >= 11 is 0. The maximum Gasteiger partial charge on any atom is 0.241 e. The van der Waals surface area contributed by atoms with Crippen molar-refractivity contribution in [3.05, 3.63) is 35.9 Å². The van der Waals surface area contributed by atoms with Crippen LogP contribution in [-0.4, -0.2) is 33.2 Å². The van der Waals surface area contributed by atoms with Crippen LogP contribution in [0, 0.1) is 11.3 Å². The smallest absolute Gasteiger partial charge is 0.241 e. The average molecular weight is 295 g/mol. The van der Waals surface area contributed by atoms with Crippen LogP contribution in [-0.2, 0) is 14.8 Å². The van der Waals surface area contributed by atoms with Crippen molar-refractivity contribution in [2.45, 2.75) is 12.8 Å². The molecule has 7 heteroatoms. The van der Waals surface area contributed by atoms with Crippen LogP contribution in [0.2, 0.25) is 0 Å². The molecule has 108 valence electrons. The van der Waals surface area contributed by atoms with E-state index in [1.807, 2.05) is 6.07 Å². The fourth-order valence-electron chi connectivity index (χ4n) is 1.63. The Bertz CT molecular complexity index is 579. The third-order valence-corrected chi connectivity index (χ3v) is 4.03. The molecular formula is C13H17N3O3S. The molecule has 1 rings (SSSR count). The van der Waals surface area contributed by atoms with Gasteiger partial charge in [0.15, 0.2) is 0 Å². The van der Waals surface area contributed by atoms with Crippen molar-refractivity contribution in [2.24, 2.45) is 0 Å². The summed E-state index contributed by atoms with van der Waals surface area (Å²) in [4.78, 5) is 11.9. The number of rotatable bonds is 7. The highest BCUT2D eigenvalue weighted by molar-refractivity contribution is 7.89. The van der Waals surface area contributed by atoms with Crippen molar-refractivity contribution in [1.82, 2.24) is 10.0 Å². The molecule has 0 aliphatic carbocycles. The predicted molar refractivity (Wildman–Crippen MR) is 75.3 cm³/mol. The molecule has 0 aliphatic rings. The molecule has 1 aromatic carbocycles. The van der Waals surface area contributed by atoms with E-state index in [-0.39, 0.29) is 12.3 Å². The van der Waals surface area contributed by atoms with Gasteiger partial charge in [-0.3, -0.25) is 4.79 Å². The Labute approximate surface area is 118 Å². The van der Waals surface area contributed by atoms with Gasteiger partial charge in [-0.15, -0.1) is 0 Å². The lowest BCUT2D eigenvalue weighted by atomic mass is 10.00. The van der Waals surface area contributed by atoms with Gasteiger partial charge in [-0.1, -0.05) is 37.3 Å². The van der Waals surface area contributed by atoms with Crippen molar-refractivity contribution >= 4 is 15.9 Å². The van der Waals surface area contributed by atoms with Gasteiger partial charge in [-0.25, -0.2) is 13.1 Å². The van der Waals surface area contributed by atoms with Crippen molar-refractivity contribution in [1.29, 1.82) is 5.26 Å². The van der Waals surface area contributed by atoms with E-state index < -0.39 is 21.8 Å². The van der Waals surface area contributed by atoms with Crippen LogP contribution in [0.15, 0.2) is 30.3 Å². The lowest BCUT2D eigenvalue weighted by molar-refractivity contribution is -0.121. The molecule has 1 amide bonds. The zero-order valence-corrected chi connectivity index (χ0v) is 12.0. The van der Waals surface area contributed by atoms with Crippen LogP contribution in [0.4, 0.5) is 0 Å². The van der Waals surface area contributed by atoms with E-state index in [9.17, 15) is 13.2 Å². The van der Waals surface area contributed by atoms with E-state index in [2.05, 4.69) is 10.0 Å². The highest BCUT2D eigenvalue weighted by atomic mass is 32.2. The summed E-state index contributed by atoms with van der Waals surface area (Å²) in [5.41, 5.74) is 0.585. The quantitative estimate of drug-likeness (QED) is 0.758. The number of nitrogens with zero attached hydrogens (tertiary/aromatic N) is 1. The Morgan fingerprint density at radius 3 is 2.55 bits per heavy atom. The Morgan fingerprint density at radius 1 is 1.35 bits per heavy atom. The monoisotopic (exact) mass is 295 g/mol. The van der Waals surface area contributed by atoms with Gasteiger partial charge < -0.3 is 5.32 Å². The summed E-state index contributed by atoms with van der Waals surface area (Å²) < 4.78 is 25.1. The zero-order chi connectivity index (χ0) is 15.0. The van der Waals surface area contributed by atoms with Crippen molar-refractivity contribution < 1.29 is 13.2 Å². The maximum absolute atomic E-state index is 11.9. The standard InChI is InChI=1S/C13H17N3O3S/c1-2-16-20(18,19)9-8-15-13(17)12(10-14)11-6-4-3-5-7-11/h3-7,12,16H,2,8-9H2,1H3,(H,15,17). The molecule has 0 saturated heterocycles. The third-order valence-electron chi connectivity index (χ3n) is 2.56. The second kappa shape index (κ2) is 7.62. The van der Waals surface area contributed by atoms with Crippen molar-refractivity contribution in [3.63, 3.8) is 0 Å². The Morgan fingerprint density at radius 2 is 2.00 bits per heavy atom. The molecule has 1 unspecified atom stereocenters. The first-order valence-corrected chi connectivity index (χ1v) is 7.85. The lowest BCUT2D eigenvalue weighted by Gasteiger charge is -2.10. The normalized spacial score (nSPS) is 12.4. The van der Waals surface area contributed by atoms with E-state index in [1.54, 1.807) is 37.3 Å². The number of amides is 1. The first-order chi connectivity index (χ1) is 9.50. The number of nitrogens with one attached hydrogen (secondary N) is 2. The summed E-state index contributed by atoms with van der Waals surface area (Å²) in [5, 5.41) is 11.5. The van der Waals surface area contributed by atoms with Gasteiger partial charge in [0.2, 0.25) is 15.9 Å². The van der Waals surface area contributed by atoms with E-state index in [0.717, 1.165) is 0 Å². The molecule has 1 aromatic rings. The molecule has 0 saturated carbocycles. The predicted octanol–water partition coefficient (Wildman–Crippen LogP) is 0.349. The maximum atomic E-state index is 11.9. The first-order valence-electron chi connectivity index (χ1n) is 6.19. The topological polar surface area (TPSA) is 99.1 Å². The molecule has 0 heterocycles. The van der Waals surface area contributed by atoms with Gasteiger partial charge in [-0.2, -0.15) is 5.26 Å². The highest BCUT2D eigenvalue weighted by Gasteiger charge is 2.20. The number of benzene rings is 1. The lowest BCUT2D eigenvalue weighted by Crippen LogP contribution is -2.36. The van der Waals surface area contributed by atoms with Crippen LogP contribution in [0.5, 0.6) is 0 Å². The fraction of sp³-hybridized carbons (Fsp3) is 0.385. The Hall–Kier alpha value is -1.91. The van der Waals surface area contributed by atoms with E-state index >= 15 is 0 Å². The summed E-state index contributed by atoms with van der Waals surface area (Å²) in [6.07, 6.45) is 0. The molecule has 0 fully saturated rings. The SMILES string of the molecule is CCNS(=O)(=O)CCNC(=O)C(C#N)c1ccccc1. The Kier molecular flexibility index (Phi) is 6.15. The van der Waals surface area contributed by atoms with E-state index in [0.29, 0.717) is 12.1 Å². The van der Waals surface area contributed by atoms with Gasteiger partial charge in [0, 0.05) is 13.1 Å². The fourth-order valence-corrected chi connectivity index (χ4v) is 2.59.